The predicted octanol–water partition coefficient (Wildman–Crippen LogP) is 3.42. The maximum atomic E-state index is 12.3. The molecule has 0 saturated carbocycles. The Bertz CT molecular complexity index is 1350. The minimum absolute atomic E-state index is 0.102. The first kappa shape index (κ1) is 19.5. The smallest absolute Gasteiger partial charge is 0.195 e. The van der Waals surface area contributed by atoms with Gasteiger partial charge in [-0.3, -0.25) is 4.68 Å². The standard InChI is InChI=1S/C21H22ClN5O2S/c1-30(28,29)21-16-4-2-3-5-18(16)26(25-21)13-20-24-17-12-14(22)6-7-19(17)27(20)15-8-10-23-11-9-15/h2-7,12,15,23H,8-11,13H2,1H3. The summed E-state index contributed by atoms with van der Waals surface area (Å²) in [5.74, 6) is 0.854. The van der Waals surface area contributed by atoms with Gasteiger partial charge in [-0.2, -0.15) is 5.10 Å². The summed E-state index contributed by atoms with van der Waals surface area (Å²) in [6.07, 6.45) is 3.21. The molecule has 9 heteroatoms. The van der Waals surface area contributed by atoms with Crippen LogP contribution >= 0.6 is 11.6 Å². The molecule has 7 nitrogen and oxygen atoms in total. The molecule has 2 aromatic heterocycles. The van der Waals surface area contributed by atoms with Crippen LogP contribution in [0.2, 0.25) is 5.02 Å². The van der Waals surface area contributed by atoms with E-state index in [0.717, 1.165) is 48.3 Å². The lowest BCUT2D eigenvalue weighted by Crippen LogP contribution is -2.30. The second-order valence-electron chi connectivity index (χ2n) is 7.76. The molecule has 1 fully saturated rings. The number of aromatic nitrogens is 4. The van der Waals surface area contributed by atoms with E-state index in [-0.39, 0.29) is 5.03 Å². The fraction of sp³-hybridized carbons (Fsp3) is 0.333. The third-order valence-electron chi connectivity index (χ3n) is 5.66. The molecule has 0 radical (unpaired) electrons. The highest BCUT2D eigenvalue weighted by molar-refractivity contribution is 7.90. The first-order valence-electron chi connectivity index (χ1n) is 9.94. The molecule has 1 N–H and O–H groups in total. The van der Waals surface area contributed by atoms with Gasteiger partial charge >= 0.3 is 0 Å². The van der Waals surface area contributed by atoms with Crippen molar-refractivity contribution < 1.29 is 8.42 Å². The van der Waals surface area contributed by atoms with Crippen molar-refractivity contribution in [3.63, 3.8) is 0 Å². The summed E-state index contributed by atoms with van der Waals surface area (Å²) in [5, 5.41) is 9.26. The molecule has 1 aliphatic heterocycles. The van der Waals surface area contributed by atoms with Gasteiger partial charge in [0.2, 0.25) is 0 Å². The van der Waals surface area contributed by atoms with Gasteiger partial charge in [0, 0.05) is 22.7 Å². The fourth-order valence-electron chi connectivity index (χ4n) is 4.33. The molecular weight excluding hydrogens is 422 g/mol. The van der Waals surface area contributed by atoms with Crippen LogP contribution in [0.3, 0.4) is 0 Å². The van der Waals surface area contributed by atoms with E-state index in [1.807, 2.05) is 36.4 Å². The fourth-order valence-corrected chi connectivity index (χ4v) is 5.32. The maximum absolute atomic E-state index is 12.3. The van der Waals surface area contributed by atoms with Gasteiger partial charge in [-0.1, -0.05) is 23.7 Å². The zero-order valence-electron chi connectivity index (χ0n) is 16.5. The van der Waals surface area contributed by atoms with Gasteiger partial charge in [0.25, 0.3) is 0 Å². The summed E-state index contributed by atoms with van der Waals surface area (Å²) in [5.41, 5.74) is 2.66. The molecular formula is C21H22ClN5O2S. The van der Waals surface area contributed by atoms with Gasteiger partial charge in [0.05, 0.1) is 23.1 Å². The van der Waals surface area contributed by atoms with E-state index in [0.29, 0.717) is 23.0 Å². The Kier molecular flexibility index (Phi) is 4.80. The van der Waals surface area contributed by atoms with Crippen molar-refractivity contribution in [2.75, 3.05) is 19.3 Å². The van der Waals surface area contributed by atoms with Crippen LogP contribution in [0, 0.1) is 0 Å². The molecule has 4 aromatic rings. The number of benzene rings is 2. The lowest BCUT2D eigenvalue weighted by atomic mass is 10.1. The Hall–Kier alpha value is -2.42. The normalized spacial score (nSPS) is 15.9. The molecule has 0 unspecified atom stereocenters. The van der Waals surface area contributed by atoms with Gasteiger partial charge in [0.15, 0.2) is 14.9 Å². The minimum Gasteiger partial charge on any atom is -0.323 e. The summed E-state index contributed by atoms with van der Waals surface area (Å²) < 4.78 is 28.6. The highest BCUT2D eigenvalue weighted by Gasteiger charge is 2.24. The highest BCUT2D eigenvalue weighted by atomic mass is 35.5. The van der Waals surface area contributed by atoms with E-state index < -0.39 is 9.84 Å². The van der Waals surface area contributed by atoms with Crippen molar-refractivity contribution in [3.8, 4) is 0 Å². The van der Waals surface area contributed by atoms with E-state index in [2.05, 4.69) is 15.0 Å². The number of nitrogens with zero attached hydrogens (tertiary/aromatic N) is 4. The number of nitrogens with one attached hydrogen (secondary N) is 1. The number of halogens is 1. The number of hydrogen-bond donors (Lipinski definition) is 1. The molecule has 30 heavy (non-hydrogen) atoms. The third kappa shape index (κ3) is 3.38. The van der Waals surface area contributed by atoms with Gasteiger partial charge in [-0.25, -0.2) is 13.4 Å². The summed E-state index contributed by atoms with van der Waals surface area (Å²) in [4.78, 5) is 4.87. The largest absolute Gasteiger partial charge is 0.323 e. The third-order valence-corrected chi connectivity index (χ3v) is 6.90. The number of rotatable bonds is 4. The van der Waals surface area contributed by atoms with Gasteiger partial charge in [0.1, 0.15) is 5.82 Å². The molecule has 5 rings (SSSR count). The second-order valence-corrected chi connectivity index (χ2v) is 10.1. The van der Waals surface area contributed by atoms with Crippen LogP contribution in [-0.4, -0.2) is 47.1 Å². The summed E-state index contributed by atoms with van der Waals surface area (Å²) in [7, 11) is -3.45. The van der Waals surface area contributed by atoms with Crippen LogP contribution in [0.4, 0.5) is 0 Å². The van der Waals surface area contributed by atoms with Crippen molar-refractivity contribution in [3.05, 3.63) is 53.3 Å². The van der Waals surface area contributed by atoms with Gasteiger partial charge < -0.3 is 9.88 Å². The number of sulfone groups is 1. The molecule has 1 aliphatic rings. The molecule has 156 valence electrons. The van der Waals surface area contributed by atoms with Gasteiger partial charge in [-0.05, 0) is 56.3 Å². The topological polar surface area (TPSA) is 81.8 Å². The first-order chi connectivity index (χ1) is 14.4. The summed E-state index contributed by atoms with van der Waals surface area (Å²) in [6.45, 7) is 2.30. The molecule has 0 atom stereocenters. The Labute approximate surface area is 179 Å². The quantitative estimate of drug-likeness (QED) is 0.522. The van der Waals surface area contributed by atoms with Crippen LogP contribution in [0.1, 0.15) is 24.7 Å². The van der Waals surface area contributed by atoms with Crippen molar-refractivity contribution in [1.29, 1.82) is 0 Å². The summed E-state index contributed by atoms with van der Waals surface area (Å²) in [6, 6.07) is 13.5. The predicted molar refractivity (Wildman–Crippen MR) is 118 cm³/mol. The maximum Gasteiger partial charge on any atom is 0.195 e. The molecule has 3 heterocycles. The average Bonchev–Trinajstić information content (AvgIpc) is 3.27. The van der Waals surface area contributed by atoms with E-state index in [1.165, 1.54) is 6.26 Å². The van der Waals surface area contributed by atoms with Crippen molar-refractivity contribution in [1.82, 2.24) is 24.6 Å². The zero-order valence-corrected chi connectivity index (χ0v) is 18.1. The van der Waals surface area contributed by atoms with Crippen molar-refractivity contribution in [2.24, 2.45) is 0 Å². The molecule has 1 saturated heterocycles. The number of para-hydroxylation sites is 1. The second kappa shape index (κ2) is 7.37. The number of imidazole rings is 1. The Balaban J connectivity index is 1.67. The zero-order chi connectivity index (χ0) is 20.9. The van der Waals surface area contributed by atoms with E-state index in [4.69, 9.17) is 16.6 Å². The van der Waals surface area contributed by atoms with Crippen LogP contribution in [0.5, 0.6) is 0 Å². The summed E-state index contributed by atoms with van der Waals surface area (Å²) >= 11 is 6.21. The van der Waals surface area contributed by atoms with Gasteiger partial charge in [-0.15, -0.1) is 0 Å². The van der Waals surface area contributed by atoms with E-state index in [1.54, 1.807) is 10.7 Å². The number of hydrogen-bond acceptors (Lipinski definition) is 5. The SMILES string of the molecule is CS(=O)(=O)c1nn(Cc2nc3cc(Cl)ccc3n2C2CCNCC2)c2ccccc12. The average molecular weight is 444 g/mol. The first-order valence-corrected chi connectivity index (χ1v) is 12.2. The van der Waals surface area contributed by atoms with Crippen LogP contribution in [0.25, 0.3) is 21.9 Å². The molecule has 0 amide bonds. The monoisotopic (exact) mass is 443 g/mol. The van der Waals surface area contributed by atoms with Crippen molar-refractivity contribution in [2.45, 2.75) is 30.5 Å². The number of fused-ring (bicyclic) bond motifs is 2. The van der Waals surface area contributed by atoms with Crippen LogP contribution in [0.15, 0.2) is 47.5 Å². The van der Waals surface area contributed by atoms with E-state index in [9.17, 15) is 8.42 Å². The van der Waals surface area contributed by atoms with Crippen molar-refractivity contribution >= 4 is 43.4 Å². The molecule has 0 spiro atoms. The lowest BCUT2D eigenvalue weighted by molar-refractivity contribution is 0.364. The molecule has 0 bridgehead atoms. The van der Waals surface area contributed by atoms with Crippen LogP contribution in [-0.2, 0) is 16.4 Å². The lowest BCUT2D eigenvalue weighted by Gasteiger charge is -2.26. The number of piperidine rings is 1. The van der Waals surface area contributed by atoms with E-state index >= 15 is 0 Å². The Morgan fingerprint density at radius 2 is 1.90 bits per heavy atom. The Morgan fingerprint density at radius 3 is 2.67 bits per heavy atom. The van der Waals surface area contributed by atoms with Crippen LogP contribution < -0.4 is 5.32 Å². The molecule has 2 aromatic carbocycles. The highest BCUT2D eigenvalue weighted by Crippen LogP contribution is 2.30. The Morgan fingerprint density at radius 1 is 1.13 bits per heavy atom. The minimum atomic E-state index is -3.45. The molecule has 0 aliphatic carbocycles.